The maximum absolute atomic E-state index is 12.5. The smallest absolute Gasteiger partial charge is 0.326 e. The number of benzene rings is 1. The Balaban J connectivity index is 0.00000243. The molecule has 1 fully saturated rings. The lowest BCUT2D eigenvalue weighted by Gasteiger charge is -2.33. The summed E-state index contributed by atoms with van der Waals surface area (Å²) >= 11 is 12.3. The van der Waals surface area contributed by atoms with Gasteiger partial charge in [0, 0.05) is 34.1 Å². The standard InChI is InChI=1S/C17H21Cl2N3O3.ClH/c18-10-6-11(19)16-12(7-10)21-14(17(24)25)8-13(16)22-15(23)5-9-1-3-20-4-2-9;/h6-7,9,13-14,20-21H,1-5,8H2,(H,22,23)(H,24,25);1H/t13-,14+;/m1./s1. The number of amides is 1. The Bertz CT molecular complexity index is 681. The van der Waals surface area contributed by atoms with E-state index in [1.54, 1.807) is 12.1 Å². The van der Waals surface area contributed by atoms with Crippen molar-refractivity contribution in [3.05, 3.63) is 27.7 Å². The summed E-state index contributed by atoms with van der Waals surface area (Å²) in [4.78, 5) is 23.9. The molecule has 2 atom stereocenters. The third-order valence-corrected chi connectivity index (χ3v) is 5.34. The predicted octanol–water partition coefficient (Wildman–Crippen LogP) is 3.23. The van der Waals surface area contributed by atoms with Crippen molar-refractivity contribution in [1.82, 2.24) is 10.6 Å². The molecule has 6 nitrogen and oxygen atoms in total. The molecule has 0 aromatic heterocycles. The van der Waals surface area contributed by atoms with Crippen LogP contribution in [0.25, 0.3) is 0 Å². The SMILES string of the molecule is Cl.O=C(CC1CCNCC1)N[C@@H]1C[C@@H](C(=O)O)Nc2cc(Cl)cc(Cl)c21. The summed E-state index contributed by atoms with van der Waals surface area (Å²) in [5.41, 5.74) is 1.26. The average Bonchev–Trinajstić information content (AvgIpc) is 2.54. The van der Waals surface area contributed by atoms with Crippen LogP contribution in [0.15, 0.2) is 12.1 Å². The fourth-order valence-corrected chi connectivity index (χ4v) is 4.18. The van der Waals surface area contributed by atoms with Gasteiger partial charge in [-0.3, -0.25) is 4.79 Å². The molecule has 0 unspecified atom stereocenters. The number of nitrogens with one attached hydrogen (secondary N) is 3. The van der Waals surface area contributed by atoms with Crippen LogP contribution in [0.4, 0.5) is 5.69 Å². The number of fused-ring (bicyclic) bond motifs is 1. The predicted molar refractivity (Wildman–Crippen MR) is 104 cm³/mol. The Morgan fingerprint density at radius 1 is 1.23 bits per heavy atom. The summed E-state index contributed by atoms with van der Waals surface area (Å²) in [5.74, 6) is -0.683. The molecule has 1 aromatic rings. The second-order valence-corrected chi connectivity index (χ2v) is 7.48. The number of rotatable bonds is 4. The maximum Gasteiger partial charge on any atom is 0.326 e. The van der Waals surface area contributed by atoms with Crippen molar-refractivity contribution in [3.8, 4) is 0 Å². The zero-order chi connectivity index (χ0) is 18.0. The molecule has 0 radical (unpaired) electrons. The molecule has 1 saturated heterocycles. The molecule has 26 heavy (non-hydrogen) atoms. The number of piperidine rings is 1. The molecule has 0 aliphatic carbocycles. The van der Waals surface area contributed by atoms with Crippen molar-refractivity contribution < 1.29 is 14.7 Å². The largest absolute Gasteiger partial charge is 0.480 e. The second kappa shape index (κ2) is 9.13. The normalized spacial score (nSPS) is 22.5. The molecule has 2 heterocycles. The summed E-state index contributed by atoms with van der Waals surface area (Å²) in [6, 6.07) is 2.00. The van der Waals surface area contributed by atoms with E-state index in [1.807, 2.05) is 0 Å². The fourth-order valence-electron chi connectivity index (χ4n) is 3.55. The molecular weight excluding hydrogens is 401 g/mol. The minimum Gasteiger partial charge on any atom is -0.480 e. The van der Waals surface area contributed by atoms with E-state index >= 15 is 0 Å². The minimum absolute atomic E-state index is 0. The molecule has 0 bridgehead atoms. The Morgan fingerprint density at radius 2 is 1.92 bits per heavy atom. The van der Waals surface area contributed by atoms with E-state index in [9.17, 15) is 14.7 Å². The van der Waals surface area contributed by atoms with Crippen molar-refractivity contribution in [3.63, 3.8) is 0 Å². The second-order valence-electron chi connectivity index (χ2n) is 6.64. The first kappa shape index (κ1) is 21.1. The lowest BCUT2D eigenvalue weighted by molar-refractivity contribution is -0.138. The van der Waals surface area contributed by atoms with Gasteiger partial charge in [0.25, 0.3) is 0 Å². The molecule has 144 valence electrons. The number of hydrogen-bond donors (Lipinski definition) is 4. The van der Waals surface area contributed by atoms with Crippen molar-refractivity contribution >= 4 is 53.2 Å². The summed E-state index contributed by atoms with van der Waals surface area (Å²) in [6.45, 7) is 1.86. The number of hydrogen-bond acceptors (Lipinski definition) is 4. The molecular formula is C17H22Cl3N3O3. The molecule has 1 aromatic carbocycles. The van der Waals surface area contributed by atoms with Gasteiger partial charge in [-0.05, 0) is 44.0 Å². The summed E-state index contributed by atoms with van der Waals surface area (Å²) in [5, 5.41) is 19.4. The molecule has 0 saturated carbocycles. The number of carboxylic acids is 1. The van der Waals surface area contributed by atoms with Gasteiger partial charge in [-0.25, -0.2) is 4.79 Å². The number of carboxylic acid groups (broad SMARTS) is 1. The van der Waals surface area contributed by atoms with Gasteiger partial charge in [0.1, 0.15) is 6.04 Å². The molecule has 1 amide bonds. The number of carbonyl (C=O) groups excluding carboxylic acids is 1. The van der Waals surface area contributed by atoms with Crippen LogP contribution in [-0.2, 0) is 9.59 Å². The van der Waals surface area contributed by atoms with E-state index < -0.39 is 18.1 Å². The van der Waals surface area contributed by atoms with Crippen LogP contribution in [0.3, 0.4) is 0 Å². The van der Waals surface area contributed by atoms with Crippen molar-refractivity contribution in [2.24, 2.45) is 5.92 Å². The summed E-state index contributed by atoms with van der Waals surface area (Å²) in [6.07, 6.45) is 2.64. The van der Waals surface area contributed by atoms with Crippen LogP contribution in [0.5, 0.6) is 0 Å². The third-order valence-electron chi connectivity index (χ3n) is 4.81. The Hall–Kier alpha value is -1.21. The highest BCUT2D eigenvalue weighted by atomic mass is 35.5. The topological polar surface area (TPSA) is 90.5 Å². The average molecular weight is 423 g/mol. The van der Waals surface area contributed by atoms with E-state index in [0.717, 1.165) is 25.9 Å². The first-order chi connectivity index (χ1) is 11.9. The highest BCUT2D eigenvalue weighted by molar-refractivity contribution is 6.35. The summed E-state index contributed by atoms with van der Waals surface area (Å²) < 4.78 is 0. The quantitative estimate of drug-likeness (QED) is 0.598. The lowest BCUT2D eigenvalue weighted by Crippen LogP contribution is -2.42. The van der Waals surface area contributed by atoms with Crippen LogP contribution >= 0.6 is 35.6 Å². The van der Waals surface area contributed by atoms with E-state index in [1.165, 1.54) is 0 Å². The van der Waals surface area contributed by atoms with Crippen molar-refractivity contribution in [2.45, 2.75) is 37.8 Å². The van der Waals surface area contributed by atoms with Crippen molar-refractivity contribution in [2.75, 3.05) is 18.4 Å². The monoisotopic (exact) mass is 421 g/mol. The minimum atomic E-state index is -0.973. The van der Waals surface area contributed by atoms with Gasteiger partial charge in [-0.2, -0.15) is 0 Å². The molecule has 3 rings (SSSR count). The maximum atomic E-state index is 12.5. The fraction of sp³-hybridized carbons (Fsp3) is 0.529. The highest BCUT2D eigenvalue weighted by Crippen LogP contribution is 2.40. The first-order valence-electron chi connectivity index (χ1n) is 8.42. The molecule has 9 heteroatoms. The first-order valence-corrected chi connectivity index (χ1v) is 9.18. The van der Waals surface area contributed by atoms with E-state index in [2.05, 4.69) is 16.0 Å². The summed E-state index contributed by atoms with van der Waals surface area (Å²) in [7, 11) is 0. The Labute approximate surface area is 168 Å². The van der Waals surface area contributed by atoms with E-state index in [4.69, 9.17) is 23.2 Å². The number of aliphatic carboxylic acids is 1. The van der Waals surface area contributed by atoms with Crippen LogP contribution in [0, 0.1) is 5.92 Å². The van der Waals surface area contributed by atoms with Gasteiger partial charge in [0.05, 0.1) is 6.04 Å². The molecule has 0 spiro atoms. The number of carbonyl (C=O) groups is 2. The zero-order valence-corrected chi connectivity index (χ0v) is 16.4. The van der Waals surface area contributed by atoms with E-state index in [0.29, 0.717) is 33.6 Å². The number of halogens is 3. The van der Waals surface area contributed by atoms with Crippen LogP contribution in [0.1, 0.15) is 37.3 Å². The molecule has 2 aliphatic heterocycles. The van der Waals surface area contributed by atoms with Crippen LogP contribution in [0.2, 0.25) is 10.0 Å². The Morgan fingerprint density at radius 3 is 2.58 bits per heavy atom. The third kappa shape index (κ3) is 4.94. The van der Waals surface area contributed by atoms with Gasteiger partial charge in [0.15, 0.2) is 0 Å². The molecule has 2 aliphatic rings. The Kier molecular flexibility index (Phi) is 7.41. The molecule has 4 N–H and O–H groups in total. The zero-order valence-electron chi connectivity index (χ0n) is 14.1. The lowest BCUT2D eigenvalue weighted by atomic mass is 9.91. The van der Waals surface area contributed by atoms with Gasteiger partial charge in [-0.1, -0.05) is 23.2 Å². The van der Waals surface area contributed by atoms with Crippen LogP contribution < -0.4 is 16.0 Å². The van der Waals surface area contributed by atoms with Gasteiger partial charge < -0.3 is 21.1 Å². The highest BCUT2D eigenvalue weighted by Gasteiger charge is 2.33. The van der Waals surface area contributed by atoms with Crippen molar-refractivity contribution in [1.29, 1.82) is 0 Å². The van der Waals surface area contributed by atoms with Crippen LogP contribution in [-0.4, -0.2) is 36.1 Å². The number of anilines is 1. The van der Waals surface area contributed by atoms with Gasteiger partial charge >= 0.3 is 5.97 Å². The van der Waals surface area contributed by atoms with E-state index in [-0.39, 0.29) is 24.7 Å². The van der Waals surface area contributed by atoms with Gasteiger partial charge in [0.2, 0.25) is 5.91 Å². The van der Waals surface area contributed by atoms with Gasteiger partial charge in [-0.15, -0.1) is 12.4 Å².